The number of ether oxygens (including phenoxy) is 1. The highest BCUT2D eigenvalue weighted by molar-refractivity contribution is 7.99. The van der Waals surface area contributed by atoms with E-state index < -0.39 is 0 Å². The van der Waals surface area contributed by atoms with E-state index in [1.807, 2.05) is 36.6 Å². The predicted octanol–water partition coefficient (Wildman–Crippen LogP) is 3.52. The molecule has 30 heavy (non-hydrogen) atoms. The summed E-state index contributed by atoms with van der Waals surface area (Å²) >= 11 is 1.33. The first-order valence-electron chi connectivity index (χ1n) is 9.59. The third-order valence-corrected chi connectivity index (χ3v) is 5.62. The van der Waals surface area contributed by atoms with Crippen LogP contribution in [0.4, 0.5) is 0 Å². The summed E-state index contributed by atoms with van der Waals surface area (Å²) in [5.41, 5.74) is 2.18. The summed E-state index contributed by atoms with van der Waals surface area (Å²) in [6.45, 7) is 4.78. The Morgan fingerprint density at radius 3 is 2.50 bits per heavy atom. The number of thioether (sulfide) groups is 1. The Balaban J connectivity index is 1.61. The standard InChI is InChI=1S/C22H24N4O3S/c1-4-26-20(13-23-21(28)18-8-6-5-7-15(18)2)24-25-22(26)30-14-19(27)16-9-11-17(29-3)12-10-16/h5-12H,4,13-14H2,1-3H3,(H,23,28). The predicted molar refractivity (Wildman–Crippen MR) is 116 cm³/mol. The van der Waals surface area contributed by atoms with Crippen LogP contribution >= 0.6 is 11.8 Å². The van der Waals surface area contributed by atoms with Gasteiger partial charge in [0, 0.05) is 17.7 Å². The van der Waals surface area contributed by atoms with Gasteiger partial charge in [0.05, 0.1) is 19.4 Å². The Hall–Kier alpha value is -3.13. The van der Waals surface area contributed by atoms with E-state index in [2.05, 4.69) is 15.5 Å². The third-order valence-electron chi connectivity index (χ3n) is 4.65. The quantitative estimate of drug-likeness (QED) is 0.418. The summed E-state index contributed by atoms with van der Waals surface area (Å²) < 4.78 is 7.02. The molecule has 0 spiro atoms. The van der Waals surface area contributed by atoms with Crippen LogP contribution in [0, 0.1) is 6.92 Å². The van der Waals surface area contributed by atoms with Gasteiger partial charge in [-0.2, -0.15) is 0 Å². The van der Waals surface area contributed by atoms with Gasteiger partial charge in [-0.05, 0) is 49.7 Å². The Bertz CT molecular complexity index is 1030. The number of rotatable bonds is 9. The van der Waals surface area contributed by atoms with Crippen LogP contribution in [0.25, 0.3) is 0 Å². The lowest BCUT2D eigenvalue weighted by molar-refractivity contribution is 0.0948. The zero-order valence-corrected chi connectivity index (χ0v) is 18.0. The SMILES string of the molecule is CCn1c(CNC(=O)c2ccccc2C)nnc1SCC(=O)c1ccc(OC)cc1. The molecule has 0 unspecified atom stereocenters. The molecule has 156 valence electrons. The molecule has 0 aliphatic rings. The van der Waals surface area contributed by atoms with Gasteiger partial charge in [-0.25, -0.2) is 0 Å². The maximum absolute atomic E-state index is 12.5. The molecule has 0 saturated heterocycles. The van der Waals surface area contributed by atoms with Crippen LogP contribution in [0.1, 0.15) is 39.0 Å². The van der Waals surface area contributed by atoms with Crippen LogP contribution in [-0.4, -0.2) is 39.3 Å². The smallest absolute Gasteiger partial charge is 0.251 e. The topological polar surface area (TPSA) is 86.1 Å². The number of carbonyl (C=O) groups is 2. The largest absolute Gasteiger partial charge is 0.497 e. The van der Waals surface area contributed by atoms with Crippen molar-refractivity contribution in [2.45, 2.75) is 32.1 Å². The first-order valence-corrected chi connectivity index (χ1v) is 10.6. The summed E-state index contributed by atoms with van der Waals surface area (Å²) in [7, 11) is 1.59. The summed E-state index contributed by atoms with van der Waals surface area (Å²) in [6, 6.07) is 14.5. The van der Waals surface area contributed by atoms with E-state index in [9.17, 15) is 9.59 Å². The zero-order chi connectivity index (χ0) is 21.5. The number of ketones is 1. The van der Waals surface area contributed by atoms with Crippen molar-refractivity contribution in [2.24, 2.45) is 0 Å². The summed E-state index contributed by atoms with van der Waals surface area (Å²) in [5.74, 6) is 1.46. The van der Waals surface area contributed by atoms with Crippen molar-refractivity contribution in [1.29, 1.82) is 0 Å². The van der Waals surface area contributed by atoms with Crippen LogP contribution in [0.3, 0.4) is 0 Å². The summed E-state index contributed by atoms with van der Waals surface area (Å²) in [6.07, 6.45) is 0. The number of benzene rings is 2. The number of aryl methyl sites for hydroxylation is 1. The van der Waals surface area contributed by atoms with Gasteiger partial charge in [0.2, 0.25) is 0 Å². The van der Waals surface area contributed by atoms with Crippen LogP contribution in [-0.2, 0) is 13.1 Å². The molecule has 2 aromatic carbocycles. The van der Waals surface area contributed by atoms with E-state index in [1.165, 1.54) is 11.8 Å². The third kappa shape index (κ3) is 5.07. The molecule has 3 aromatic rings. The molecule has 1 amide bonds. The average molecular weight is 425 g/mol. The fourth-order valence-corrected chi connectivity index (χ4v) is 3.86. The first kappa shape index (κ1) is 21.6. The number of amides is 1. The molecule has 0 aliphatic heterocycles. The van der Waals surface area contributed by atoms with E-state index in [1.54, 1.807) is 37.4 Å². The highest BCUT2D eigenvalue weighted by atomic mass is 32.2. The normalized spacial score (nSPS) is 10.6. The number of nitrogens with one attached hydrogen (secondary N) is 1. The van der Waals surface area contributed by atoms with E-state index in [0.717, 1.165) is 5.56 Å². The highest BCUT2D eigenvalue weighted by Gasteiger charge is 2.15. The fourth-order valence-electron chi connectivity index (χ4n) is 2.95. The monoisotopic (exact) mass is 424 g/mol. The minimum atomic E-state index is -0.150. The summed E-state index contributed by atoms with van der Waals surface area (Å²) in [4.78, 5) is 24.9. The van der Waals surface area contributed by atoms with Gasteiger partial charge in [0.1, 0.15) is 5.75 Å². The molecular weight excluding hydrogens is 400 g/mol. The van der Waals surface area contributed by atoms with Crippen molar-refractivity contribution in [2.75, 3.05) is 12.9 Å². The number of aromatic nitrogens is 3. The van der Waals surface area contributed by atoms with Gasteiger partial charge in [-0.3, -0.25) is 9.59 Å². The lowest BCUT2D eigenvalue weighted by Gasteiger charge is -2.09. The van der Waals surface area contributed by atoms with Gasteiger partial charge in [-0.15, -0.1) is 10.2 Å². The van der Waals surface area contributed by atoms with Gasteiger partial charge < -0.3 is 14.6 Å². The zero-order valence-electron chi connectivity index (χ0n) is 17.2. The van der Waals surface area contributed by atoms with Gasteiger partial charge in [-0.1, -0.05) is 30.0 Å². The molecule has 0 radical (unpaired) electrons. The van der Waals surface area contributed by atoms with Crippen LogP contribution in [0.15, 0.2) is 53.7 Å². The van der Waals surface area contributed by atoms with E-state index >= 15 is 0 Å². The summed E-state index contributed by atoms with van der Waals surface area (Å²) in [5, 5.41) is 11.9. The number of hydrogen-bond donors (Lipinski definition) is 1. The van der Waals surface area contributed by atoms with Gasteiger partial charge in [0.15, 0.2) is 16.8 Å². The highest BCUT2D eigenvalue weighted by Crippen LogP contribution is 2.20. The number of carbonyl (C=O) groups excluding carboxylic acids is 2. The average Bonchev–Trinajstić information content (AvgIpc) is 3.18. The van der Waals surface area contributed by atoms with Crippen LogP contribution in [0.2, 0.25) is 0 Å². The lowest BCUT2D eigenvalue weighted by Crippen LogP contribution is -2.25. The molecule has 0 fully saturated rings. The van der Waals surface area contributed by atoms with Crippen molar-refractivity contribution in [1.82, 2.24) is 20.1 Å². The van der Waals surface area contributed by atoms with Crippen LogP contribution in [0.5, 0.6) is 5.75 Å². The molecular formula is C22H24N4O3S. The maximum atomic E-state index is 12.5. The lowest BCUT2D eigenvalue weighted by atomic mass is 10.1. The maximum Gasteiger partial charge on any atom is 0.251 e. The molecule has 1 N–H and O–H groups in total. The van der Waals surface area contributed by atoms with Crippen molar-refractivity contribution in [3.8, 4) is 5.75 Å². The minimum Gasteiger partial charge on any atom is -0.497 e. The van der Waals surface area contributed by atoms with Crippen molar-refractivity contribution < 1.29 is 14.3 Å². The number of hydrogen-bond acceptors (Lipinski definition) is 6. The molecule has 0 atom stereocenters. The molecule has 0 aliphatic carbocycles. The Morgan fingerprint density at radius 2 is 1.83 bits per heavy atom. The molecule has 1 heterocycles. The molecule has 3 rings (SSSR count). The Morgan fingerprint density at radius 1 is 1.10 bits per heavy atom. The molecule has 0 saturated carbocycles. The molecule has 8 heteroatoms. The Kier molecular flexibility index (Phi) is 7.24. The minimum absolute atomic E-state index is 0.00251. The van der Waals surface area contributed by atoms with E-state index in [4.69, 9.17) is 4.74 Å². The second kappa shape index (κ2) is 10.1. The van der Waals surface area contributed by atoms with Gasteiger partial charge in [0.25, 0.3) is 5.91 Å². The van der Waals surface area contributed by atoms with Crippen molar-refractivity contribution in [3.05, 3.63) is 71.0 Å². The van der Waals surface area contributed by atoms with E-state index in [0.29, 0.717) is 34.4 Å². The fraction of sp³-hybridized carbons (Fsp3) is 0.273. The Labute approximate surface area is 179 Å². The second-order valence-electron chi connectivity index (χ2n) is 6.58. The van der Waals surface area contributed by atoms with Crippen molar-refractivity contribution >= 4 is 23.5 Å². The van der Waals surface area contributed by atoms with Crippen LogP contribution < -0.4 is 10.1 Å². The molecule has 1 aromatic heterocycles. The first-order chi connectivity index (χ1) is 14.5. The van der Waals surface area contributed by atoms with Gasteiger partial charge >= 0.3 is 0 Å². The molecule has 7 nitrogen and oxygen atoms in total. The second-order valence-corrected chi connectivity index (χ2v) is 7.52. The number of Topliss-reactive ketones (excluding diaryl/α,β-unsaturated/α-hetero) is 1. The number of methoxy groups -OCH3 is 1. The number of nitrogens with zero attached hydrogens (tertiary/aromatic N) is 3. The van der Waals surface area contributed by atoms with Crippen molar-refractivity contribution in [3.63, 3.8) is 0 Å². The molecule has 0 bridgehead atoms. The van der Waals surface area contributed by atoms with E-state index in [-0.39, 0.29) is 24.0 Å².